The molecule has 1 saturated heterocycles. The van der Waals surface area contributed by atoms with Gasteiger partial charge in [-0.1, -0.05) is 12.7 Å². The molecule has 1 rings (SSSR count). The fraction of sp³-hybridized carbons (Fsp3) is 0.636. The Kier molecular flexibility index (Phi) is 4.96. The fourth-order valence-corrected chi connectivity index (χ4v) is 1.75. The molecule has 1 heterocycles. The molecule has 0 aromatic carbocycles. The van der Waals surface area contributed by atoms with Crippen molar-refractivity contribution in [2.75, 3.05) is 27.3 Å². The topological polar surface area (TPSA) is 59.1 Å². The molecule has 0 aliphatic carbocycles. The van der Waals surface area contributed by atoms with Crippen LogP contribution in [0.2, 0.25) is 0 Å². The largest absolute Gasteiger partial charge is 0.445 e. The Hall–Kier alpha value is -1.56. The molecular weight excluding hydrogens is 224 g/mol. The van der Waals surface area contributed by atoms with Gasteiger partial charge in [0.25, 0.3) is 5.91 Å². The fourth-order valence-electron chi connectivity index (χ4n) is 1.75. The summed E-state index contributed by atoms with van der Waals surface area (Å²) >= 11 is 0. The van der Waals surface area contributed by atoms with E-state index in [2.05, 4.69) is 6.58 Å². The first-order valence-electron chi connectivity index (χ1n) is 5.47. The first-order chi connectivity index (χ1) is 8.11. The van der Waals surface area contributed by atoms with Crippen LogP contribution in [0.3, 0.4) is 0 Å². The molecule has 1 aliphatic rings. The van der Waals surface area contributed by atoms with Crippen molar-refractivity contribution in [3.63, 3.8) is 0 Å². The Bertz CT molecular complexity index is 306. The second kappa shape index (κ2) is 6.24. The molecular formula is C11H18N2O4. The number of likely N-dealkylation sites (tertiary alicyclic amines) is 1. The Morgan fingerprint density at radius 2 is 2.29 bits per heavy atom. The van der Waals surface area contributed by atoms with Gasteiger partial charge in [0.2, 0.25) is 0 Å². The minimum absolute atomic E-state index is 0.149. The highest BCUT2D eigenvalue weighted by Crippen LogP contribution is 2.20. The van der Waals surface area contributed by atoms with Gasteiger partial charge in [0.1, 0.15) is 12.6 Å². The van der Waals surface area contributed by atoms with E-state index in [4.69, 9.17) is 9.57 Å². The lowest BCUT2D eigenvalue weighted by molar-refractivity contribution is -0.173. The highest BCUT2D eigenvalue weighted by Gasteiger charge is 2.36. The van der Waals surface area contributed by atoms with Crippen LogP contribution in [-0.4, -0.2) is 55.3 Å². The van der Waals surface area contributed by atoms with Crippen LogP contribution in [0, 0.1) is 0 Å². The molecule has 0 aromatic rings. The summed E-state index contributed by atoms with van der Waals surface area (Å²) in [5.41, 5.74) is 0. The summed E-state index contributed by atoms with van der Waals surface area (Å²) in [5, 5.41) is 1.13. The number of nitrogens with zero attached hydrogens (tertiary/aromatic N) is 2. The van der Waals surface area contributed by atoms with Gasteiger partial charge in [0.05, 0.1) is 7.11 Å². The number of hydrogen-bond acceptors (Lipinski definition) is 4. The van der Waals surface area contributed by atoms with Gasteiger partial charge >= 0.3 is 6.09 Å². The van der Waals surface area contributed by atoms with E-state index in [0.29, 0.717) is 13.0 Å². The third kappa shape index (κ3) is 3.20. The molecule has 1 atom stereocenters. The summed E-state index contributed by atoms with van der Waals surface area (Å²) in [6, 6.07) is -0.489. The van der Waals surface area contributed by atoms with Gasteiger partial charge in [-0.15, -0.1) is 0 Å². The first-order valence-corrected chi connectivity index (χ1v) is 5.47. The molecule has 0 N–H and O–H groups in total. The van der Waals surface area contributed by atoms with Gasteiger partial charge in [-0.2, -0.15) is 0 Å². The molecule has 17 heavy (non-hydrogen) atoms. The van der Waals surface area contributed by atoms with Crippen LogP contribution in [0.5, 0.6) is 0 Å². The highest BCUT2D eigenvalue weighted by molar-refractivity contribution is 5.85. The number of ether oxygens (including phenoxy) is 1. The minimum atomic E-state index is -0.489. The summed E-state index contributed by atoms with van der Waals surface area (Å²) in [7, 11) is 2.93. The Morgan fingerprint density at radius 3 is 2.88 bits per heavy atom. The number of carbonyl (C=O) groups is 2. The Labute approximate surface area is 101 Å². The zero-order chi connectivity index (χ0) is 12.8. The van der Waals surface area contributed by atoms with Gasteiger partial charge in [0.15, 0.2) is 0 Å². The van der Waals surface area contributed by atoms with Crippen molar-refractivity contribution in [1.82, 2.24) is 9.96 Å². The Balaban J connectivity index is 2.62. The number of rotatable bonds is 4. The van der Waals surface area contributed by atoms with Crippen LogP contribution < -0.4 is 0 Å². The van der Waals surface area contributed by atoms with Crippen LogP contribution >= 0.6 is 0 Å². The molecule has 0 spiro atoms. The molecule has 0 bridgehead atoms. The Morgan fingerprint density at radius 1 is 1.59 bits per heavy atom. The number of amides is 2. The maximum Gasteiger partial charge on any atom is 0.410 e. The van der Waals surface area contributed by atoms with Crippen molar-refractivity contribution in [2.45, 2.75) is 18.9 Å². The summed E-state index contributed by atoms with van der Waals surface area (Å²) in [5.74, 6) is -0.236. The van der Waals surface area contributed by atoms with Gasteiger partial charge < -0.3 is 4.74 Å². The predicted molar refractivity (Wildman–Crippen MR) is 61.1 cm³/mol. The van der Waals surface area contributed by atoms with Crippen molar-refractivity contribution >= 4 is 12.0 Å². The van der Waals surface area contributed by atoms with E-state index in [1.54, 1.807) is 0 Å². The van der Waals surface area contributed by atoms with Crippen molar-refractivity contribution in [3.8, 4) is 0 Å². The highest BCUT2D eigenvalue weighted by atomic mass is 16.7. The van der Waals surface area contributed by atoms with E-state index >= 15 is 0 Å². The van der Waals surface area contributed by atoms with Crippen molar-refractivity contribution < 1.29 is 19.2 Å². The van der Waals surface area contributed by atoms with Crippen molar-refractivity contribution in [3.05, 3.63) is 12.7 Å². The average molecular weight is 242 g/mol. The monoisotopic (exact) mass is 242 g/mol. The molecule has 0 unspecified atom stereocenters. The van der Waals surface area contributed by atoms with Gasteiger partial charge in [0, 0.05) is 13.6 Å². The summed E-state index contributed by atoms with van der Waals surface area (Å²) < 4.78 is 4.93. The maximum absolute atomic E-state index is 11.9. The second-order valence-corrected chi connectivity index (χ2v) is 3.74. The van der Waals surface area contributed by atoms with Crippen LogP contribution in [-0.2, 0) is 14.4 Å². The average Bonchev–Trinajstić information content (AvgIpc) is 2.83. The molecule has 6 heteroatoms. The second-order valence-electron chi connectivity index (χ2n) is 3.74. The zero-order valence-electron chi connectivity index (χ0n) is 10.2. The van der Waals surface area contributed by atoms with Crippen LogP contribution in [0.4, 0.5) is 4.79 Å². The van der Waals surface area contributed by atoms with Crippen LogP contribution in [0.25, 0.3) is 0 Å². The van der Waals surface area contributed by atoms with E-state index in [1.165, 1.54) is 25.1 Å². The van der Waals surface area contributed by atoms with Gasteiger partial charge in [-0.25, -0.2) is 9.86 Å². The first kappa shape index (κ1) is 13.5. The number of likely N-dealkylation sites (N-methyl/N-ethyl adjacent to an activating group) is 1. The molecule has 0 radical (unpaired) electrons. The number of carbonyl (C=O) groups excluding carboxylic acids is 2. The number of hydrogen-bond donors (Lipinski definition) is 0. The number of hydroxylamine groups is 2. The summed E-state index contributed by atoms with van der Waals surface area (Å²) in [4.78, 5) is 29.8. The van der Waals surface area contributed by atoms with Gasteiger partial charge in [-0.3, -0.25) is 14.5 Å². The van der Waals surface area contributed by atoms with Crippen molar-refractivity contribution in [2.24, 2.45) is 0 Å². The summed E-state index contributed by atoms with van der Waals surface area (Å²) in [6.07, 6.45) is 2.43. The van der Waals surface area contributed by atoms with E-state index in [9.17, 15) is 9.59 Å². The van der Waals surface area contributed by atoms with E-state index < -0.39 is 12.1 Å². The lowest BCUT2D eigenvalue weighted by Crippen LogP contribution is -2.46. The quantitative estimate of drug-likeness (QED) is 0.540. The third-order valence-electron chi connectivity index (χ3n) is 2.68. The zero-order valence-corrected chi connectivity index (χ0v) is 10.2. The normalized spacial score (nSPS) is 18.9. The lowest BCUT2D eigenvalue weighted by Gasteiger charge is -2.25. The SMILES string of the molecule is C=CCOC(=O)N1CCC[C@H]1C(=O)N(C)OC. The molecule has 0 saturated carbocycles. The molecule has 2 amide bonds. The van der Waals surface area contributed by atoms with E-state index in [0.717, 1.165) is 11.5 Å². The third-order valence-corrected chi connectivity index (χ3v) is 2.68. The molecule has 0 aromatic heterocycles. The van der Waals surface area contributed by atoms with Crippen LogP contribution in [0.1, 0.15) is 12.8 Å². The molecule has 1 fully saturated rings. The lowest BCUT2D eigenvalue weighted by atomic mass is 10.2. The van der Waals surface area contributed by atoms with Gasteiger partial charge in [-0.05, 0) is 12.8 Å². The molecule has 6 nitrogen and oxygen atoms in total. The standard InChI is InChI=1S/C11H18N2O4/c1-4-8-17-11(15)13-7-5-6-9(13)10(14)12(2)16-3/h4,9H,1,5-8H2,2-3H3/t9-/m0/s1. The van der Waals surface area contributed by atoms with E-state index in [1.807, 2.05) is 0 Å². The predicted octanol–water partition coefficient (Wildman–Crippen LogP) is 0.793. The summed E-state index contributed by atoms with van der Waals surface area (Å²) in [6.45, 7) is 4.14. The molecule has 96 valence electrons. The van der Waals surface area contributed by atoms with E-state index in [-0.39, 0.29) is 12.5 Å². The minimum Gasteiger partial charge on any atom is -0.445 e. The molecule has 1 aliphatic heterocycles. The maximum atomic E-state index is 11.9. The smallest absolute Gasteiger partial charge is 0.410 e. The van der Waals surface area contributed by atoms with Crippen molar-refractivity contribution in [1.29, 1.82) is 0 Å². The van der Waals surface area contributed by atoms with Crippen LogP contribution in [0.15, 0.2) is 12.7 Å².